The van der Waals surface area contributed by atoms with Gasteiger partial charge in [-0.05, 0) is 44.5 Å². The third-order valence-electron chi connectivity index (χ3n) is 2.93. The fourth-order valence-electron chi connectivity index (χ4n) is 2.12. The number of nitrogens with one attached hydrogen (secondary N) is 1. The molecule has 3 N–H and O–H groups in total. The van der Waals surface area contributed by atoms with E-state index in [1.165, 1.54) is 18.2 Å². The molecule has 1 aliphatic heterocycles. The van der Waals surface area contributed by atoms with Gasteiger partial charge in [0.2, 0.25) is 5.91 Å². The average molecular weight is 280 g/mol. The van der Waals surface area contributed by atoms with E-state index in [-0.39, 0.29) is 0 Å². The predicted octanol–water partition coefficient (Wildman–Crippen LogP) is 1.53. The first-order valence-corrected chi connectivity index (χ1v) is 6.28. The number of carbonyl (C=O) groups is 2. The molecule has 20 heavy (non-hydrogen) atoms. The molecule has 2 atom stereocenters. The number of esters is 1. The zero-order valence-corrected chi connectivity index (χ0v) is 11.6. The van der Waals surface area contributed by atoms with Crippen molar-refractivity contribution in [3.05, 3.63) is 29.6 Å². The normalized spacial score (nSPS) is 19.2. The number of amides is 1. The second-order valence-corrected chi connectivity index (χ2v) is 5.76. The molecule has 1 heterocycles. The van der Waals surface area contributed by atoms with Crippen molar-refractivity contribution < 1.29 is 18.7 Å². The summed E-state index contributed by atoms with van der Waals surface area (Å²) in [4.78, 5) is 23.9. The Labute approximate surface area is 116 Å². The topological polar surface area (TPSA) is 81.4 Å². The Morgan fingerprint density at radius 1 is 1.45 bits per heavy atom. The second-order valence-electron chi connectivity index (χ2n) is 5.76. The van der Waals surface area contributed by atoms with Crippen LogP contribution in [0.15, 0.2) is 18.2 Å². The van der Waals surface area contributed by atoms with Gasteiger partial charge in [-0.25, -0.2) is 4.39 Å². The van der Waals surface area contributed by atoms with Crippen molar-refractivity contribution >= 4 is 17.6 Å². The van der Waals surface area contributed by atoms with Crippen LogP contribution in [0.4, 0.5) is 10.1 Å². The maximum Gasteiger partial charge on any atom is 0.324 e. The Hall–Kier alpha value is -1.95. The monoisotopic (exact) mass is 280 g/mol. The van der Waals surface area contributed by atoms with Crippen molar-refractivity contribution in [1.29, 1.82) is 0 Å². The molecular weight excluding hydrogens is 263 g/mol. The summed E-state index contributed by atoms with van der Waals surface area (Å²) in [5.41, 5.74) is 5.98. The number of halogens is 1. The van der Waals surface area contributed by atoms with Crippen LogP contribution in [0.1, 0.15) is 32.3 Å². The van der Waals surface area contributed by atoms with Crippen molar-refractivity contribution in [2.45, 2.75) is 38.3 Å². The van der Waals surface area contributed by atoms with Crippen LogP contribution >= 0.6 is 0 Å². The van der Waals surface area contributed by atoms with E-state index in [4.69, 9.17) is 10.5 Å². The molecule has 0 unspecified atom stereocenters. The molecule has 0 fully saturated rings. The van der Waals surface area contributed by atoms with Gasteiger partial charge in [0.15, 0.2) is 0 Å². The lowest BCUT2D eigenvalue weighted by Gasteiger charge is -2.24. The Morgan fingerprint density at radius 3 is 2.70 bits per heavy atom. The molecule has 2 rings (SSSR count). The first-order valence-electron chi connectivity index (χ1n) is 6.28. The van der Waals surface area contributed by atoms with Crippen molar-refractivity contribution in [1.82, 2.24) is 0 Å². The highest BCUT2D eigenvalue weighted by Crippen LogP contribution is 2.35. The lowest BCUT2D eigenvalue weighted by molar-refractivity contribution is -0.157. The van der Waals surface area contributed by atoms with Gasteiger partial charge in [0.1, 0.15) is 17.5 Å². The minimum absolute atomic E-state index is 0.383. The van der Waals surface area contributed by atoms with Gasteiger partial charge in [0.05, 0.1) is 5.92 Å². The van der Waals surface area contributed by atoms with Gasteiger partial charge in [-0.2, -0.15) is 0 Å². The molecular formula is C14H17FN2O3. The number of hydrogen-bond donors (Lipinski definition) is 2. The van der Waals surface area contributed by atoms with Gasteiger partial charge < -0.3 is 15.8 Å². The molecule has 0 saturated carbocycles. The van der Waals surface area contributed by atoms with Gasteiger partial charge in [-0.15, -0.1) is 0 Å². The molecule has 0 radical (unpaired) electrons. The molecule has 0 saturated heterocycles. The average Bonchev–Trinajstić information content (AvgIpc) is 2.61. The summed E-state index contributed by atoms with van der Waals surface area (Å²) in [6.07, 6.45) is 0. The van der Waals surface area contributed by atoms with E-state index in [1.54, 1.807) is 20.8 Å². The van der Waals surface area contributed by atoms with Gasteiger partial charge in [0.25, 0.3) is 0 Å². The standard InChI is InChI=1S/C14H17FN2O3/c1-14(2,3)20-13(19)11(16)10-8-6-7(15)4-5-9(8)17-12(10)18/h4-6,10-11H,16H2,1-3H3,(H,17,18)/t10-,11-/m0/s1. The maximum atomic E-state index is 13.3. The Bertz CT molecular complexity index is 566. The number of ether oxygens (including phenoxy) is 1. The summed E-state index contributed by atoms with van der Waals surface area (Å²) in [6, 6.07) is 2.73. The van der Waals surface area contributed by atoms with Gasteiger partial charge >= 0.3 is 5.97 Å². The molecule has 5 nitrogen and oxygen atoms in total. The summed E-state index contributed by atoms with van der Waals surface area (Å²) in [7, 11) is 0. The summed E-state index contributed by atoms with van der Waals surface area (Å²) in [5, 5.41) is 2.58. The molecule has 1 aliphatic rings. The van der Waals surface area contributed by atoms with Gasteiger partial charge in [-0.1, -0.05) is 0 Å². The number of nitrogens with two attached hydrogens (primary N) is 1. The van der Waals surface area contributed by atoms with Gasteiger partial charge in [-0.3, -0.25) is 9.59 Å². The highest BCUT2D eigenvalue weighted by atomic mass is 19.1. The zero-order valence-electron chi connectivity index (χ0n) is 11.6. The van der Waals surface area contributed by atoms with Crippen LogP contribution in [0, 0.1) is 5.82 Å². The zero-order chi connectivity index (χ0) is 15.1. The molecule has 0 aliphatic carbocycles. The predicted molar refractivity (Wildman–Crippen MR) is 71.6 cm³/mol. The van der Waals surface area contributed by atoms with Crippen molar-refractivity contribution in [2.24, 2.45) is 5.73 Å². The molecule has 6 heteroatoms. The molecule has 1 amide bonds. The largest absolute Gasteiger partial charge is 0.459 e. The first kappa shape index (κ1) is 14.5. The van der Waals surface area contributed by atoms with Crippen LogP contribution in [-0.2, 0) is 14.3 Å². The number of anilines is 1. The number of hydrogen-bond acceptors (Lipinski definition) is 4. The first-order chi connectivity index (χ1) is 9.19. The SMILES string of the molecule is CC(C)(C)OC(=O)[C@@H](N)[C@H]1C(=O)Nc2ccc(F)cc21. The third kappa shape index (κ3) is 2.80. The van der Waals surface area contributed by atoms with E-state index in [2.05, 4.69) is 5.32 Å². The number of rotatable bonds is 2. The van der Waals surface area contributed by atoms with Crippen LogP contribution in [0.3, 0.4) is 0 Å². The maximum absolute atomic E-state index is 13.3. The summed E-state index contributed by atoms with van der Waals surface area (Å²) in [5.74, 6) is -2.53. The van der Waals surface area contributed by atoms with Crippen molar-refractivity contribution in [2.75, 3.05) is 5.32 Å². The van der Waals surface area contributed by atoms with E-state index in [0.717, 1.165) is 0 Å². The minimum atomic E-state index is -1.17. The highest BCUT2D eigenvalue weighted by Gasteiger charge is 2.40. The summed E-state index contributed by atoms with van der Waals surface area (Å²) < 4.78 is 18.5. The van der Waals surface area contributed by atoms with Crippen LogP contribution in [0.5, 0.6) is 0 Å². The van der Waals surface area contributed by atoms with E-state index in [0.29, 0.717) is 11.3 Å². The Morgan fingerprint density at radius 2 is 2.10 bits per heavy atom. The Balaban J connectivity index is 2.27. The fraction of sp³-hybridized carbons (Fsp3) is 0.429. The van der Waals surface area contributed by atoms with E-state index in [9.17, 15) is 14.0 Å². The minimum Gasteiger partial charge on any atom is -0.459 e. The molecule has 0 spiro atoms. The van der Waals surface area contributed by atoms with Crippen LogP contribution < -0.4 is 11.1 Å². The number of carbonyl (C=O) groups excluding carboxylic acids is 2. The molecule has 0 bridgehead atoms. The molecule has 1 aromatic carbocycles. The lowest BCUT2D eigenvalue weighted by Crippen LogP contribution is -2.43. The Kier molecular flexibility index (Phi) is 3.52. The number of fused-ring (bicyclic) bond motifs is 1. The highest BCUT2D eigenvalue weighted by molar-refractivity contribution is 6.06. The van der Waals surface area contributed by atoms with Crippen molar-refractivity contribution in [3.8, 4) is 0 Å². The van der Waals surface area contributed by atoms with Gasteiger partial charge in [0, 0.05) is 5.69 Å². The van der Waals surface area contributed by atoms with Crippen LogP contribution in [0.2, 0.25) is 0 Å². The number of benzene rings is 1. The molecule has 108 valence electrons. The van der Waals surface area contributed by atoms with E-state index < -0.39 is 35.3 Å². The van der Waals surface area contributed by atoms with E-state index in [1.807, 2.05) is 0 Å². The van der Waals surface area contributed by atoms with Crippen LogP contribution in [-0.4, -0.2) is 23.5 Å². The fourth-order valence-corrected chi connectivity index (χ4v) is 2.12. The quantitative estimate of drug-likeness (QED) is 0.805. The molecule has 1 aromatic rings. The van der Waals surface area contributed by atoms with E-state index >= 15 is 0 Å². The third-order valence-corrected chi connectivity index (χ3v) is 2.93. The smallest absolute Gasteiger partial charge is 0.324 e. The van der Waals surface area contributed by atoms with Crippen molar-refractivity contribution in [3.63, 3.8) is 0 Å². The molecule has 0 aromatic heterocycles. The summed E-state index contributed by atoms with van der Waals surface area (Å²) in [6.45, 7) is 5.12. The summed E-state index contributed by atoms with van der Waals surface area (Å²) >= 11 is 0. The lowest BCUT2D eigenvalue weighted by atomic mass is 9.93. The second kappa shape index (κ2) is 4.86. The van der Waals surface area contributed by atoms with Crippen LogP contribution in [0.25, 0.3) is 0 Å².